The van der Waals surface area contributed by atoms with Gasteiger partial charge in [0.15, 0.2) is 0 Å². The summed E-state index contributed by atoms with van der Waals surface area (Å²) in [5, 5.41) is 6.43. The molecule has 1 aromatic carbocycles. The summed E-state index contributed by atoms with van der Waals surface area (Å²) < 4.78 is 1.05. The first kappa shape index (κ1) is 12.9. The first-order valence-electron chi connectivity index (χ1n) is 6.80. The molecular weight excluding hydrogens is 306 g/mol. The highest BCUT2D eigenvalue weighted by atomic mass is 79.9. The Morgan fingerprint density at radius 3 is 3.11 bits per heavy atom. The van der Waals surface area contributed by atoms with Gasteiger partial charge in [0.1, 0.15) is 0 Å². The molecule has 2 N–H and O–H groups in total. The number of fused-ring (bicyclic) bond motifs is 1. The molecule has 1 unspecified atom stereocenters. The number of rotatable bonds is 3. The summed E-state index contributed by atoms with van der Waals surface area (Å²) >= 11 is 3.50. The monoisotopic (exact) mass is 323 g/mol. The molecule has 0 spiro atoms. The van der Waals surface area contributed by atoms with Crippen molar-refractivity contribution < 1.29 is 4.79 Å². The van der Waals surface area contributed by atoms with Crippen LogP contribution in [0.4, 0.5) is 11.4 Å². The third-order valence-corrected chi connectivity index (χ3v) is 4.31. The van der Waals surface area contributed by atoms with Crippen LogP contribution in [0, 0.1) is 0 Å². The van der Waals surface area contributed by atoms with Crippen molar-refractivity contribution in [3.8, 4) is 0 Å². The number of amides is 1. The van der Waals surface area contributed by atoms with Gasteiger partial charge < -0.3 is 15.5 Å². The van der Waals surface area contributed by atoms with Crippen molar-refractivity contribution in [2.24, 2.45) is 0 Å². The molecule has 0 bridgehead atoms. The summed E-state index contributed by atoms with van der Waals surface area (Å²) in [7, 11) is 0. The van der Waals surface area contributed by atoms with Crippen molar-refractivity contribution in [2.75, 3.05) is 29.9 Å². The van der Waals surface area contributed by atoms with Gasteiger partial charge in [-0.1, -0.05) is 15.9 Å². The number of nitrogens with zero attached hydrogens (tertiary/aromatic N) is 1. The van der Waals surface area contributed by atoms with Crippen molar-refractivity contribution in [1.82, 2.24) is 5.32 Å². The van der Waals surface area contributed by atoms with E-state index in [1.807, 2.05) is 12.1 Å². The maximum Gasteiger partial charge on any atom is 0.243 e. The lowest BCUT2D eigenvalue weighted by Crippen LogP contribution is -2.40. The second-order valence-electron chi connectivity index (χ2n) is 5.21. The summed E-state index contributed by atoms with van der Waals surface area (Å²) in [6.07, 6.45) is 3.62. The first-order chi connectivity index (χ1) is 9.22. The molecule has 1 amide bonds. The lowest BCUT2D eigenvalue weighted by Gasteiger charge is -2.31. The maximum absolute atomic E-state index is 11.7. The average molecular weight is 324 g/mol. The van der Waals surface area contributed by atoms with E-state index in [9.17, 15) is 4.79 Å². The fraction of sp³-hybridized carbons (Fsp3) is 0.500. The molecule has 102 valence electrons. The zero-order valence-corrected chi connectivity index (χ0v) is 12.4. The standard InChI is InChI=1S/C14H18BrN3O/c15-10-3-4-12-13(8-10)18(9-14(19)17-12)7-5-11-2-1-6-16-11/h3-4,8,11,16H,1-2,5-7,9H2,(H,17,19). The van der Waals surface area contributed by atoms with Crippen LogP contribution < -0.4 is 15.5 Å². The molecule has 5 heteroatoms. The van der Waals surface area contributed by atoms with Crippen LogP contribution in [0.15, 0.2) is 22.7 Å². The van der Waals surface area contributed by atoms with E-state index >= 15 is 0 Å². The highest BCUT2D eigenvalue weighted by Gasteiger charge is 2.23. The first-order valence-corrected chi connectivity index (χ1v) is 7.59. The molecule has 1 aromatic rings. The molecular formula is C14H18BrN3O. The number of hydrogen-bond donors (Lipinski definition) is 2. The number of anilines is 2. The number of carbonyl (C=O) groups is 1. The van der Waals surface area contributed by atoms with Crippen LogP contribution in [0.25, 0.3) is 0 Å². The summed E-state index contributed by atoms with van der Waals surface area (Å²) in [4.78, 5) is 13.9. The van der Waals surface area contributed by atoms with Crippen LogP contribution in [-0.4, -0.2) is 31.6 Å². The highest BCUT2D eigenvalue weighted by molar-refractivity contribution is 9.10. The van der Waals surface area contributed by atoms with E-state index in [1.165, 1.54) is 12.8 Å². The molecule has 19 heavy (non-hydrogen) atoms. The van der Waals surface area contributed by atoms with Crippen molar-refractivity contribution in [1.29, 1.82) is 0 Å². The topological polar surface area (TPSA) is 44.4 Å². The lowest BCUT2D eigenvalue weighted by atomic mass is 10.1. The van der Waals surface area contributed by atoms with Crippen LogP contribution in [0.3, 0.4) is 0 Å². The molecule has 0 radical (unpaired) electrons. The third-order valence-electron chi connectivity index (χ3n) is 3.82. The summed E-state index contributed by atoms with van der Waals surface area (Å²) in [5.41, 5.74) is 2.03. The van der Waals surface area contributed by atoms with E-state index in [0.29, 0.717) is 12.6 Å². The van der Waals surface area contributed by atoms with Gasteiger partial charge >= 0.3 is 0 Å². The minimum atomic E-state index is 0.0780. The Hall–Kier alpha value is -1.07. The molecule has 4 nitrogen and oxygen atoms in total. The molecule has 0 aliphatic carbocycles. The van der Waals surface area contributed by atoms with E-state index in [0.717, 1.165) is 35.4 Å². The average Bonchev–Trinajstić information content (AvgIpc) is 2.89. The van der Waals surface area contributed by atoms with Crippen molar-refractivity contribution in [2.45, 2.75) is 25.3 Å². The van der Waals surface area contributed by atoms with Crippen LogP contribution in [0.5, 0.6) is 0 Å². The molecule has 1 atom stereocenters. The predicted octanol–water partition coefficient (Wildman–Crippen LogP) is 2.35. The van der Waals surface area contributed by atoms with Gasteiger partial charge in [-0.3, -0.25) is 4.79 Å². The van der Waals surface area contributed by atoms with Crippen molar-refractivity contribution >= 4 is 33.2 Å². The van der Waals surface area contributed by atoms with Gasteiger partial charge in [-0.05, 0) is 44.0 Å². The largest absolute Gasteiger partial charge is 0.360 e. The van der Waals surface area contributed by atoms with E-state index in [-0.39, 0.29) is 5.91 Å². The molecule has 0 saturated carbocycles. The van der Waals surface area contributed by atoms with E-state index in [2.05, 4.69) is 37.5 Å². The fourth-order valence-corrected chi connectivity index (χ4v) is 3.18. The molecule has 2 aliphatic rings. The Morgan fingerprint density at radius 2 is 2.32 bits per heavy atom. The molecule has 2 heterocycles. The number of benzene rings is 1. The van der Waals surface area contributed by atoms with Crippen LogP contribution in [-0.2, 0) is 4.79 Å². The summed E-state index contributed by atoms with van der Waals surface area (Å²) in [6.45, 7) is 2.51. The normalized spacial score (nSPS) is 22.3. The molecule has 3 rings (SSSR count). The lowest BCUT2D eigenvalue weighted by molar-refractivity contribution is -0.115. The Labute approximate surface area is 121 Å². The second-order valence-corrected chi connectivity index (χ2v) is 6.13. The smallest absolute Gasteiger partial charge is 0.243 e. The Morgan fingerprint density at radius 1 is 1.42 bits per heavy atom. The highest BCUT2D eigenvalue weighted by Crippen LogP contribution is 2.32. The van der Waals surface area contributed by atoms with Gasteiger partial charge in [0.2, 0.25) is 5.91 Å². The van der Waals surface area contributed by atoms with Gasteiger partial charge in [-0.15, -0.1) is 0 Å². The Kier molecular flexibility index (Phi) is 3.75. The van der Waals surface area contributed by atoms with E-state index < -0.39 is 0 Å². The quantitative estimate of drug-likeness (QED) is 0.897. The zero-order chi connectivity index (χ0) is 13.2. The van der Waals surface area contributed by atoms with Gasteiger partial charge in [-0.25, -0.2) is 0 Å². The molecule has 1 saturated heterocycles. The Bertz CT molecular complexity index is 486. The van der Waals surface area contributed by atoms with Gasteiger partial charge in [0, 0.05) is 17.1 Å². The van der Waals surface area contributed by atoms with Gasteiger partial charge in [0.25, 0.3) is 0 Å². The second kappa shape index (κ2) is 5.51. The minimum Gasteiger partial charge on any atom is -0.360 e. The van der Waals surface area contributed by atoms with Crippen LogP contribution in [0.2, 0.25) is 0 Å². The fourth-order valence-electron chi connectivity index (χ4n) is 2.83. The Balaban J connectivity index is 1.74. The van der Waals surface area contributed by atoms with Gasteiger partial charge in [-0.2, -0.15) is 0 Å². The van der Waals surface area contributed by atoms with Crippen LogP contribution in [0.1, 0.15) is 19.3 Å². The number of nitrogens with one attached hydrogen (secondary N) is 2. The number of hydrogen-bond acceptors (Lipinski definition) is 3. The molecule has 0 aromatic heterocycles. The minimum absolute atomic E-state index is 0.0780. The molecule has 2 aliphatic heterocycles. The number of halogens is 1. The van der Waals surface area contributed by atoms with Crippen molar-refractivity contribution in [3.63, 3.8) is 0 Å². The summed E-state index contributed by atoms with van der Waals surface area (Å²) in [5.74, 6) is 0.0780. The van der Waals surface area contributed by atoms with Crippen molar-refractivity contribution in [3.05, 3.63) is 22.7 Å². The van der Waals surface area contributed by atoms with Crippen LogP contribution >= 0.6 is 15.9 Å². The maximum atomic E-state index is 11.7. The zero-order valence-electron chi connectivity index (χ0n) is 10.8. The van der Waals surface area contributed by atoms with E-state index in [1.54, 1.807) is 0 Å². The van der Waals surface area contributed by atoms with E-state index in [4.69, 9.17) is 0 Å². The predicted molar refractivity (Wildman–Crippen MR) is 80.6 cm³/mol. The number of carbonyl (C=O) groups excluding carboxylic acids is 1. The SMILES string of the molecule is O=C1CN(CCC2CCCN2)c2cc(Br)ccc2N1. The van der Waals surface area contributed by atoms with Gasteiger partial charge in [0.05, 0.1) is 17.9 Å². The molecule has 1 fully saturated rings. The third kappa shape index (κ3) is 2.92. The summed E-state index contributed by atoms with van der Waals surface area (Å²) in [6, 6.07) is 6.61.